The van der Waals surface area contributed by atoms with Crippen LogP contribution in [0.3, 0.4) is 0 Å². The molecule has 1 aromatic rings. The number of aromatic nitrogens is 2. The third-order valence-corrected chi connectivity index (χ3v) is 4.32. The molecule has 2 fully saturated rings. The molecule has 3 rings (SSSR count). The molecule has 0 amide bonds. The number of anilines is 1. The quantitative estimate of drug-likeness (QED) is 0.925. The lowest BCUT2D eigenvalue weighted by Crippen LogP contribution is -2.39. The molecular weight excluding hydrogens is 292 g/mol. The molecule has 1 aliphatic heterocycles. The monoisotopic (exact) mass is 310 g/mol. The van der Waals surface area contributed by atoms with Crippen molar-refractivity contribution in [2.75, 3.05) is 24.5 Å². The van der Waals surface area contributed by atoms with E-state index >= 15 is 0 Å². The third-order valence-electron chi connectivity index (χ3n) is 3.76. The van der Waals surface area contributed by atoms with Crippen molar-refractivity contribution < 1.29 is 0 Å². The smallest absolute Gasteiger partial charge is 0.146 e. The maximum absolute atomic E-state index is 4.45. The molecule has 1 saturated carbocycles. The van der Waals surface area contributed by atoms with Gasteiger partial charge in [-0.1, -0.05) is 0 Å². The Morgan fingerprint density at radius 2 is 2.28 bits per heavy atom. The van der Waals surface area contributed by atoms with E-state index in [1.54, 1.807) is 6.33 Å². The van der Waals surface area contributed by atoms with Crippen molar-refractivity contribution in [3.8, 4) is 0 Å². The molecule has 0 aromatic carbocycles. The molecule has 4 nitrogen and oxygen atoms in total. The minimum absolute atomic E-state index is 0.693. The Balaban J connectivity index is 1.73. The van der Waals surface area contributed by atoms with Gasteiger partial charge >= 0.3 is 0 Å². The predicted octanol–water partition coefficient (Wildman–Crippen LogP) is 2.21. The summed E-state index contributed by atoms with van der Waals surface area (Å²) in [4.78, 5) is 11.0. The lowest BCUT2D eigenvalue weighted by molar-refractivity contribution is 0.375. The van der Waals surface area contributed by atoms with E-state index in [9.17, 15) is 0 Å². The van der Waals surface area contributed by atoms with Crippen molar-refractivity contribution in [2.45, 2.75) is 31.7 Å². The maximum atomic E-state index is 4.45. The second kappa shape index (κ2) is 5.53. The van der Waals surface area contributed by atoms with Crippen molar-refractivity contribution in [1.29, 1.82) is 0 Å². The van der Waals surface area contributed by atoms with Crippen molar-refractivity contribution in [2.24, 2.45) is 5.92 Å². The summed E-state index contributed by atoms with van der Waals surface area (Å²) in [7, 11) is 0. The second-order valence-electron chi connectivity index (χ2n) is 5.29. The fourth-order valence-corrected chi connectivity index (χ4v) is 3.12. The summed E-state index contributed by atoms with van der Waals surface area (Å²) in [5.74, 6) is 1.82. The highest BCUT2D eigenvalue weighted by molar-refractivity contribution is 9.10. The van der Waals surface area contributed by atoms with Crippen LogP contribution in [0.5, 0.6) is 0 Å². The molecule has 1 aromatic heterocycles. The molecular formula is C13H19BrN4. The Labute approximate surface area is 116 Å². The minimum Gasteiger partial charge on any atom is -0.352 e. The summed E-state index contributed by atoms with van der Waals surface area (Å²) in [6, 6.07) is 0.693. The largest absolute Gasteiger partial charge is 0.352 e. The Morgan fingerprint density at radius 1 is 1.39 bits per heavy atom. The number of piperidine rings is 1. The first-order valence-corrected chi connectivity index (χ1v) is 7.57. The van der Waals surface area contributed by atoms with Crippen LogP contribution < -0.4 is 10.2 Å². The van der Waals surface area contributed by atoms with Gasteiger partial charge < -0.3 is 10.2 Å². The Hall–Kier alpha value is -0.680. The first-order chi connectivity index (χ1) is 8.84. The average molecular weight is 311 g/mol. The van der Waals surface area contributed by atoms with E-state index in [1.807, 2.05) is 6.20 Å². The first kappa shape index (κ1) is 12.4. The Kier molecular flexibility index (Phi) is 3.80. The first-order valence-electron chi connectivity index (χ1n) is 6.77. The Bertz CT molecular complexity index is 402. The zero-order valence-corrected chi connectivity index (χ0v) is 12.1. The summed E-state index contributed by atoms with van der Waals surface area (Å²) in [6.45, 7) is 3.44. The number of halogens is 1. The van der Waals surface area contributed by atoms with Crippen LogP contribution in [0.4, 0.5) is 5.82 Å². The molecule has 0 spiro atoms. The zero-order valence-electron chi connectivity index (χ0n) is 10.5. The number of hydrogen-bond acceptors (Lipinski definition) is 4. The highest BCUT2D eigenvalue weighted by atomic mass is 79.9. The summed E-state index contributed by atoms with van der Waals surface area (Å²) in [6.07, 6.45) is 8.73. The van der Waals surface area contributed by atoms with Crippen molar-refractivity contribution in [3.63, 3.8) is 0 Å². The van der Waals surface area contributed by atoms with E-state index < -0.39 is 0 Å². The molecule has 1 aliphatic carbocycles. The SMILES string of the molecule is Brc1cncnc1N(CC1CCCNC1)C1CC1. The van der Waals surface area contributed by atoms with E-state index in [0.717, 1.165) is 29.3 Å². The molecule has 5 heteroatoms. The number of nitrogens with one attached hydrogen (secondary N) is 1. The summed E-state index contributed by atoms with van der Waals surface area (Å²) in [5.41, 5.74) is 0. The molecule has 0 bridgehead atoms. The summed E-state index contributed by atoms with van der Waals surface area (Å²) < 4.78 is 1.01. The van der Waals surface area contributed by atoms with Gasteiger partial charge in [-0.2, -0.15) is 0 Å². The fraction of sp³-hybridized carbons (Fsp3) is 0.692. The second-order valence-corrected chi connectivity index (χ2v) is 6.14. The van der Waals surface area contributed by atoms with Gasteiger partial charge in [0.05, 0.1) is 4.47 Å². The number of hydrogen-bond donors (Lipinski definition) is 1. The van der Waals surface area contributed by atoms with Crippen LogP contribution in [0.2, 0.25) is 0 Å². The van der Waals surface area contributed by atoms with E-state index in [-0.39, 0.29) is 0 Å². The van der Waals surface area contributed by atoms with E-state index in [4.69, 9.17) is 0 Å². The van der Waals surface area contributed by atoms with Gasteiger partial charge in [-0.25, -0.2) is 9.97 Å². The number of rotatable bonds is 4. The van der Waals surface area contributed by atoms with Gasteiger partial charge in [0.25, 0.3) is 0 Å². The molecule has 0 radical (unpaired) electrons. The molecule has 2 heterocycles. The lowest BCUT2D eigenvalue weighted by atomic mass is 9.99. The molecule has 1 N–H and O–H groups in total. The molecule has 1 atom stereocenters. The van der Waals surface area contributed by atoms with Crippen molar-refractivity contribution in [3.05, 3.63) is 17.0 Å². The fourth-order valence-electron chi connectivity index (χ4n) is 2.67. The van der Waals surface area contributed by atoms with Gasteiger partial charge in [-0.15, -0.1) is 0 Å². The Morgan fingerprint density at radius 3 is 2.94 bits per heavy atom. The van der Waals surface area contributed by atoms with Crippen molar-refractivity contribution >= 4 is 21.7 Å². The third kappa shape index (κ3) is 2.83. The van der Waals surface area contributed by atoms with Crippen LogP contribution in [-0.2, 0) is 0 Å². The average Bonchev–Trinajstić information content (AvgIpc) is 3.23. The van der Waals surface area contributed by atoms with Gasteiger partial charge in [0.1, 0.15) is 12.1 Å². The molecule has 1 unspecified atom stereocenters. The summed E-state index contributed by atoms with van der Waals surface area (Å²) >= 11 is 3.58. The maximum Gasteiger partial charge on any atom is 0.146 e. The van der Waals surface area contributed by atoms with Crippen molar-refractivity contribution in [1.82, 2.24) is 15.3 Å². The van der Waals surface area contributed by atoms with E-state index in [2.05, 4.69) is 36.1 Å². The van der Waals surface area contributed by atoms with Gasteiger partial charge in [0.15, 0.2) is 0 Å². The van der Waals surface area contributed by atoms with Gasteiger partial charge in [0, 0.05) is 18.8 Å². The van der Waals surface area contributed by atoms with Crippen LogP contribution in [-0.4, -0.2) is 35.6 Å². The highest BCUT2D eigenvalue weighted by Crippen LogP contribution is 2.35. The number of nitrogens with zero attached hydrogens (tertiary/aromatic N) is 3. The molecule has 18 heavy (non-hydrogen) atoms. The topological polar surface area (TPSA) is 41.1 Å². The van der Waals surface area contributed by atoms with Crippen LogP contribution in [0.1, 0.15) is 25.7 Å². The van der Waals surface area contributed by atoms with Crippen LogP contribution in [0, 0.1) is 5.92 Å². The van der Waals surface area contributed by atoms with E-state index in [0.29, 0.717) is 6.04 Å². The van der Waals surface area contributed by atoms with Crippen LogP contribution in [0.25, 0.3) is 0 Å². The normalized spacial score (nSPS) is 23.9. The van der Waals surface area contributed by atoms with Crippen LogP contribution >= 0.6 is 15.9 Å². The van der Waals surface area contributed by atoms with Gasteiger partial charge in [0.2, 0.25) is 0 Å². The molecule has 98 valence electrons. The minimum atomic E-state index is 0.693. The highest BCUT2D eigenvalue weighted by Gasteiger charge is 2.32. The summed E-state index contributed by atoms with van der Waals surface area (Å²) in [5, 5.41) is 3.49. The molecule has 2 aliphatic rings. The lowest BCUT2D eigenvalue weighted by Gasteiger charge is -2.31. The van der Waals surface area contributed by atoms with Crippen LogP contribution in [0.15, 0.2) is 17.0 Å². The standard InChI is InChI=1S/C13H19BrN4/c14-12-7-16-9-17-13(12)18(11-3-4-11)8-10-2-1-5-15-6-10/h7,9-11,15H,1-6,8H2. The van der Waals surface area contributed by atoms with Gasteiger partial charge in [-0.3, -0.25) is 0 Å². The predicted molar refractivity (Wildman–Crippen MR) is 75.7 cm³/mol. The van der Waals surface area contributed by atoms with E-state index in [1.165, 1.54) is 32.2 Å². The molecule has 1 saturated heterocycles. The zero-order chi connectivity index (χ0) is 12.4. The van der Waals surface area contributed by atoms with Gasteiger partial charge in [-0.05, 0) is 60.6 Å².